The normalized spacial score (nSPS) is 13.4. The van der Waals surface area contributed by atoms with Crippen molar-refractivity contribution >= 4 is 28.8 Å². The monoisotopic (exact) mass is 323 g/mol. The van der Waals surface area contributed by atoms with Crippen LogP contribution in [0.3, 0.4) is 0 Å². The molecule has 1 aliphatic rings. The minimum absolute atomic E-state index is 0.140. The van der Waals surface area contributed by atoms with Crippen molar-refractivity contribution in [1.82, 2.24) is 0 Å². The number of carbonyl (C=O) groups is 3. The molecule has 3 rings (SSSR count). The fourth-order valence-corrected chi connectivity index (χ4v) is 3.07. The maximum Gasteiger partial charge on any atom is 0.227 e. The molecule has 122 valence electrons. The second kappa shape index (κ2) is 4.92. The first-order valence-corrected chi connectivity index (χ1v) is 7.38. The van der Waals surface area contributed by atoms with Gasteiger partial charge in [-0.05, 0) is 44.2 Å². The molecule has 6 N–H and O–H groups in total. The molecule has 0 bridgehead atoms. The van der Waals surface area contributed by atoms with Crippen molar-refractivity contribution in [2.24, 2.45) is 5.73 Å². The predicted molar refractivity (Wildman–Crippen MR) is 90.8 cm³/mol. The lowest BCUT2D eigenvalue weighted by atomic mass is 9.73. The molecule has 0 saturated carbocycles. The molecular weight excluding hydrogens is 306 g/mol. The second-order valence-corrected chi connectivity index (χ2v) is 6.40. The number of nitrogens with two attached hydrogens (primary N) is 3. The van der Waals surface area contributed by atoms with Gasteiger partial charge in [0.2, 0.25) is 5.91 Å². The molecule has 0 aromatic heterocycles. The summed E-state index contributed by atoms with van der Waals surface area (Å²) >= 11 is 0. The highest BCUT2D eigenvalue weighted by Crippen LogP contribution is 2.38. The zero-order valence-corrected chi connectivity index (χ0v) is 13.3. The van der Waals surface area contributed by atoms with E-state index in [9.17, 15) is 14.4 Å². The number of amides is 1. The highest BCUT2D eigenvalue weighted by Gasteiger charge is 2.39. The Morgan fingerprint density at radius 1 is 0.917 bits per heavy atom. The molecule has 2 aromatic rings. The van der Waals surface area contributed by atoms with E-state index in [1.54, 1.807) is 19.9 Å². The number of hydrogen-bond donors (Lipinski definition) is 3. The Morgan fingerprint density at radius 2 is 1.54 bits per heavy atom. The number of ketones is 2. The third-order valence-electron chi connectivity index (χ3n) is 4.48. The molecule has 0 saturated heterocycles. The van der Waals surface area contributed by atoms with Crippen LogP contribution in [0.4, 0.5) is 11.4 Å². The summed E-state index contributed by atoms with van der Waals surface area (Å²) in [4.78, 5) is 37.7. The molecule has 0 fully saturated rings. The van der Waals surface area contributed by atoms with Crippen LogP contribution in [0.25, 0.3) is 0 Å². The Kier molecular flexibility index (Phi) is 3.23. The van der Waals surface area contributed by atoms with Crippen molar-refractivity contribution in [1.29, 1.82) is 0 Å². The van der Waals surface area contributed by atoms with Crippen molar-refractivity contribution < 1.29 is 14.4 Å². The van der Waals surface area contributed by atoms with Crippen LogP contribution in [0, 0.1) is 0 Å². The van der Waals surface area contributed by atoms with Crippen molar-refractivity contribution in [3.63, 3.8) is 0 Å². The first kappa shape index (κ1) is 15.7. The lowest BCUT2D eigenvalue weighted by Crippen LogP contribution is -2.39. The summed E-state index contributed by atoms with van der Waals surface area (Å²) in [5, 5.41) is 0. The third-order valence-corrected chi connectivity index (χ3v) is 4.48. The number of anilines is 2. The third kappa shape index (κ3) is 2.00. The van der Waals surface area contributed by atoms with E-state index >= 15 is 0 Å². The van der Waals surface area contributed by atoms with Crippen LogP contribution in [-0.2, 0) is 10.2 Å². The van der Waals surface area contributed by atoms with Crippen LogP contribution in [0.2, 0.25) is 0 Å². The number of fused-ring (bicyclic) bond motifs is 2. The number of nitrogen functional groups attached to an aromatic ring is 2. The van der Waals surface area contributed by atoms with Crippen LogP contribution in [-0.4, -0.2) is 17.5 Å². The molecular formula is C18H17N3O3. The number of primary amides is 1. The van der Waals surface area contributed by atoms with Gasteiger partial charge in [0.1, 0.15) is 0 Å². The number of rotatable bonds is 2. The standard InChI is InChI=1S/C18H17N3O3/c1-18(2,17(21)24)14-12(20)6-5-10-13(14)16(23)9-4-3-8(19)7-11(9)15(10)22/h3-7H,19-20H2,1-2H3,(H2,21,24). The summed E-state index contributed by atoms with van der Waals surface area (Å²) in [7, 11) is 0. The molecule has 1 amide bonds. The maximum absolute atomic E-state index is 13.0. The number of carbonyl (C=O) groups excluding carboxylic acids is 3. The summed E-state index contributed by atoms with van der Waals surface area (Å²) in [6.07, 6.45) is 0. The minimum Gasteiger partial charge on any atom is -0.399 e. The predicted octanol–water partition coefficient (Wildman–Crippen LogP) is 1.39. The van der Waals surface area contributed by atoms with E-state index in [4.69, 9.17) is 17.2 Å². The van der Waals surface area contributed by atoms with Crippen LogP contribution in [0.15, 0.2) is 30.3 Å². The molecule has 1 aliphatic carbocycles. The SMILES string of the molecule is CC(C)(C(N)=O)c1c(N)ccc2c1C(=O)c1ccc(N)cc1C2=O. The zero-order valence-electron chi connectivity index (χ0n) is 13.3. The van der Waals surface area contributed by atoms with Crippen molar-refractivity contribution in [2.75, 3.05) is 11.5 Å². The van der Waals surface area contributed by atoms with Gasteiger partial charge in [-0.15, -0.1) is 0 Å². The van der Waals surface area contributed by atoms with Gasteiger partial charge in [-0.3, -0.25) is 14.4 Å². The Labute approximate surface area is 138 Å². The van der Waals surface area contributed by atoms with Crippen molar-refractivity contribution in [2.45, 2.75) is 19.3 Å². The van der Waals surface area contributed by atoms with Gasteiger partial charge in [-0.25, -0.2) is 0 Å². The van der Waals surface area contributed by atoms with E-state index in [2.05, 4.69) is 0 Å². The van der Waals surface area contributed by atoms with E-state index in [0.717, 1.165) is 0 Å². The Morgan fingerprint density at radius 3 is 2.17 bits per heavy atom. The molecule has 0 atom stereocenters. The van der Waals surface area contributed by atoms with Crippen LogP contribution < -0.4 is 17.2 Å². The van der Waals surface area contributed by atoms with E-state index < -0.39 is 11.3 Å². The van der Waals surface area contributed by atoms with Crippen molar-refractivity contribution in [3.05, 3.63) is 58.1 Å². The highest BCUT2D eigenvalue weighted by molar-refractivity contribution is 6.29. The molecule has 6 heteroatoms. The Bertz CT molecular complexity index is 929. The number of benzene rings is 2. The van der Waals surface area contributed by atoms with Crippen LogP contribution in [0.1, 0.15) is 51.3 Å². The summed E-state index contributed by atoms with van der Waals surface area (Å²) in [5.41, 5.74) is 17.8. The molecule has 2 aromatic carbocycles. The molecule has 0 spiro atoms. The second-order valence-electron chi connectivity index (χ2n) is 6.40. The summed E-state index contributed by atoms with van der Waals surface area (Å²) in [5.74, 6) is -1.32. The van der Waals surface area contributed by atoms with Crippen LogP contribution >= 0.6 is 0 Å². The van der Waals surface area contributed by atoms with Gasteiger partial charge in [0.25, 0.3) is 0 Å². The van der Waals surface area contributed by atoms with Gasteiger partial charge >= 0.3 is 0 Å². The Hall–Kier alpha value is -3.15. The molecule has 0 unspecified atom stereocenters. The van der Waals surface area contributed by atoms with Gasteiger partial charge in [-0.2, -0.15) is 0 Å². The number of hydrogen-bond acceptors (Lipinski definition) is 5. The van der Waals surface area contributed by atoms with Gasteiger partial charge < -0.3 is 17.2 Å². The fourth-order valence-electron chi connectivity index (χ4n) is 3.07. The van der Waals surface area contributed by atoms with E-state index in [1.165, 1.54) is 24.3 Å². The average Bonchev–Trinajstić information content (AvgIpc) is 2.51. The Balaban J connectivity index is 2.38. The molecule has 0 heterocycles. The molecule has 0 radical (unpaired) electrons. The topological polar surface area (TPSA) is 129 Å². The van der Waals surface area contributed by atoms with Crippen LogP contribution in [0.5, 0.6) is 0 Å². The first-order chi connectivity index (χ1) is 11.2. The van der Waals surface area contributed by atoms with E-state index in [1.807, 2.05) is 0 Å². The van der Waals surface area contributed by atoms with Gasteiger partial charge in [0.05, 0.1) is 5.41 Å². The molecule has 6 nitrogen and oxygen atoms in total. The van der Waals surface area contributed by atoms with Gasteiger partial charge in [0, 0.05) is 39.2 Å². The maximum atomic E-state index is 13.0. The lowest BCUT2D eigenvalue weighted by molar-refractivity contribution is -0.122. The van der Waals surface area contributed by atoms with Crippen molar-refractivity contribution in [3.8, 4) is 0 Å². The fraction of sp³-hybridized carbons (Fsp3) is 0.167. The highest BCUT2D eigenvalue weighted by atomic mass is 16.1. The first-order valence-electron chi connectivity index (χ1n) is 7.38. The summed E-state index contributed by atoms with van der Waals surface area (Å²) < 4.78 is 0. The van der Waals surface area contributed by atoms with E-state index in [0.29, 0.717) is 5.69 Å². The van der Waals surface area contributed by atoms with Gasteiger partial charge in [0.15, 0.2) is 11.6 Å². The zero-order chi connectivity index (χ0) is 17.8. The summed E-state index contributed by atoms with van der Waals surface area (Å²) in [6, 6.07) is 7.56. The quantitative estimate of drug-likeness (QED) is 0.614. The van der Waals surface area contributed by atoms with E-state index in [-0.39, 0.29) is 45.1 Å². The average molecular weight is 323 g/mol. The smallest absolute Gasteiger partial charge is 0.227 e. The minimum atomic E-state index is -1.20. The molecule has 0 aliphatic heterocycles. The lowest BCUT2D eigenvalue weighted by Gasteiger charge is -2.29. The largest absolute Gasteiger partial charge is 0.399 e. The molecule has 24 heavy (non-hydrogen) atoms. The van der Waals surface area contributed by atoms with Gasteiger partial charge in [-0.1, -0.05) is 0 Å². The summed E-state index contributed by atoms with van der Waals surface area (Å²) in [6.45, 7) is 3.16.